The predicted octanol–water partition coefficient (Wildman–Crippen LogP) is 2.82. The molecule has 0 aromatic heterocycles. The summed E-state index contributed by atoms with van der Waals surface area (Å²) in [5.74, 6) is 2.16. The first-order valence-corrected chi connectivity index (χ1v) is 9.52. The highest BCUT2D eigenvalue weighted by Crippen LogP contribution is 2.12. The molecule has 2 aromatic rings. The normalized spacial score (nSPS) is 10.6. The van der Waals surface area contributed by atoms with E-state index in [1.807, 2.05) is 55.5 Å². The Hall–Kier alpha value is -2.49. The smallest absolute Gasteiger partial charge is 0.241 e. The maximum Gasteiger partial charge on any atom is 0.241 e. The number of guanidine groups is 1. The molecule has 0 saturated carbocycles. The minimum absolute atomic E-state index is 0. The predicted molar refractivity (Wildman–Crippen MR) is 131 cm³/mol. The monoisotopic (exact) mass is 526 g/mol. The summed E-state index contributed by atoms with van der Waals surface area (Å²) < 4.78 is 10.9. The van der Waals surface area contributed by atoms with E-state index in [9.17, 15) is 4.79 Å². The Morgan fingerprint density at radius 3 is 2.23 bits per heavy atom. The molecule has 2 rings (SSSR count). The molecule has 164 valence electrons. The van der Waals surface area contributed by atoms with Crippen molar-refractivity contribution in [3.05, 3.63) is 59.7 Å². The van der Waals surface area contributed by atoms with Crippen LogP contribution in [-0.4, -0.2) is 57.7 Å². The van der Waals surface area contributed by atoms with Crippen LogP contribution in [0.3, 0.4) is 0 Å². The number of amides is 1. The van der Waals surface area contributed by atoms with E-state index in [2.05, 4.69) is 15.6 Å². The second kappa shape index (κ2) is 13.7. The molecule has 0 fully saturated rings. The molecule has 0 spiro atoms. The summed E-state index contributed by atoms with van der Waals surface area (Å²) in [6.45, 7) is 3.72. The molecule has 0 aliphatic heterocycles. The van der Waals surface area contributed by atoms with Gasteiger partial charge in [0, 0.05) is 14.1 Å². The van der Waals surface area contributed by atoms with Gasteiger partial charge in [-0.05, 0) is 36.8 Å². The summed E-state index contributed by atoms with van der Waals surface area (Å²) >= 11 is 0. The number of nitrogens with zero attached hydrogens (tertiary/aromatic N) is 2. The van der Waals surface area contributed by atoms with Crippen molar-refractivity contribution in [2.75, 3.05) is 40.9 Å². The van der Waals surface area contributed by atoms with Crippen LogP contribution in [0.25, 0.3) is 0 Å². The Balaban J connectivity index is 0.00000450. The fourth-order valence-corrected chi connectivity index (χ4v) is 2.37. The number of aryl methyl sites for hydroxylation is 1. The fraction of sp³-hybridized carbons (Fsp3) is 0.364. The standard InChI is InChI=1S/C22H30N4O3.HI/c1-17-5-9-20(10-6-17)29-14-13-23-22(25-16-21(27)26(2)3)24-15-18-7-11-19(28-4)12-8-18;/h5-12H,13-16H2,1-4H3,(H2,23,24,25);1H. The molecule has 2 aromatic carbocycles. The Morgan fingerprint density at radius 2 is 1.63 bits per heavy atom. The summed E-state index contributed by atoms with van der Waals surface area (Å²) in [7, 11) is 5.08. The molecule has 0 radical (unpaired) electrons. The van der Waals surface area contributed by atoms with Gasteiger partial charge in [0.25, 0.3) is 0 Å². The molecule has 1 amide bonds. The molecule has 7 nitrogen and oxygen atoms in total. The van der Waals surface area contributed by atoms with E-state index in [1.54, 1.807) is 21.2 Å². The Labute approximate surface area is 195 Å². The van der Waals surface area contributed by atoms with Crippen LogP contribution < -0.4 is 20.1 Å². The number of hydrogen-bond donors (Lipinski definition) is 2. The van der Waals surface area contributed by atoms with E-state index in [-0.39, 0.29) is 36.4 Å². The second-order valence-corrected chi connectivity index (χ2v) is 6.74. The lowest BCUT2D eigenvalue weighted by Crippen LogP contribution is -2.44. The van der Waals surface area contributed by atoms with Gasteiger partial charge in [0.05, 0.1) is 26.7 Å². The Morgan fingerprint density at radius 1 is 1.00 bits per heavy atom. The Bertz CT molecular complexity index is 793. The van der Waals surface area contributed by atoms with Crippen LogP contribution in [0.15, 0.2) is 53.5 Å². The molecule has 0 aliphatic carbocycles. The maximum atomic E-state index is 11.9. The van der Waals surface area contributed by atoms with E-state index in [0.717, 1.165) is 17.1 Å². The van der Waals surface area contributed by atoms with Crippen LogP contribution >= 0.6 is 24.0 Å². The van der Waals surface area contributed by atoms with E-state index in [4.69, 9.17) is 9.47 Å². The van der Waals surface area contributed by atoms with Gasteiger partial charge in [-0.2, -0.15) is 0 Å². The van der Waals surface area contributed by atoms with Crippen molar-refractivity contribution in [3.8, 4) is 11.5 Å². The number of nitrogens with one attached hydrogen (secondary N) is 2. The number of likely N-dealkylation sites (N-methyl/N-ethyl adjacent to an activating group) is 1. The van der Waals surface area contributed by atoms with E-state index in [1.165, 1.54) is 10.5 Å². The van der Waals surface area contributed by atoms with Gasteiger partial charge in [0.2, 0.25) is 5.91 Å². The molecule has 0 unspecified atom stereocenters. The third kappa shape index (κ3) is 9.34. The average Bonchev–Trinajstić information content (AvgIpc) is 2.73. The molecular formula is C22H31IN4O3. The van der Waals surface area contributed by atoms with Gasteiger partial charge in [-0.15, -0.1) is 24.0 Å². The molecule has 0 aliphatic rings. The first kappa shape index (κ1) is 25.5. The molecule has 0 atom stereocenters. The van der Waals surface area contributed by atoms with Crippen LogP contribution in [-0.2, 0) is 11.3 Å². The summed E-state index contributed by atoms with van der Waals surface area (Å²) in [6.07, 6.45) is 0. The molecule has 30 heavy (non-hydrogen) atoms. The fourth-order valence-electron chi connectivity index (χ4n) is 2.37. The zero-order chi connectivity index (χ0) is 21.1. The minimum Gasteiger partial charge on any atom is -0.497 e. The number of ether oxygens (including phenoxy) is 2. The van der Waals surface area contributed by atoms with Crippen molar-refractivity contribution in [1.29, 1.82) is 0 Å². The summed E-state index contributed by atoms with van der Waals surface area (Å²) in [5.41, 5.74) is 2.24. The van der Waals surface area contributed by atoms with Crippen LogP contribution in [0.5, 0.6) is 11.5 Å². The lowest BCUT2D eigenvalue weighted by atomic mass is 10.2. The lowest BCUT2D eigenvalue weighted by Gasteiger charge is -2.15. The van der Waals surface area contributed by atoms with Crippen molar-refractivity contribution in [3.63, 3.8) is 0 Å². The van der Waals surface area contributed by atoms with Gasteiger partial charge >= 0.3 is 0 Å². The van der Waals surface area contributed by atoms with E-state index >= 15 is 0 Å². The van der Waals surface area contributed by atoms with Gasteiger partial charge in [-0.3, -0.25) is 4.79 Å². The number of carbonyl (C=O) groups is 1. The zero-order valence-corrected chi connectivity index (χ0v) is 20.3. The van der Waals surface area contributed by atoms with Gasteiger partial charge in [-0.1, -0.05) is 29.8 Å². The number of benzene rings is 2. The highest BCUT2D eigenvalue weighted by atomic mass is 127. The van der Waals surface area contributed by atoms with Gasteiger partial charge in [0.15, 0.2) is 5.96 Å². The quantitative estimate of drug-likeness (QED) is 0.228. The van der Waals surface area contributed by atoms with Crippen molar-refractivity contribution in [2.24, 2.45) is 4.99 Å². The molecular weight excluding hydrogens is 495 g/mol. The Kier molecular flexibility index (Phi) is 11.7. The van der Waals surface area contributed by atoms with Gasteiger partial charge in [-0.25, -0.2) is 4.99 Å². The van der Waals surface area contributed by atoms with Crippen LogP contribution in [0.1, 0.15) is 11.1 Å². The number of hydrogen-bond acceptors (Lipinski definition) is 4. The molecule has 0 bridgehead atoms. The molecule has 8 heteroatoms. The number of carbonyl (C=O) groups excluding carboxylic acids is 1. The van der Waals surface area contributed by atoms with Crippen molar-refractivity contribution < 1.29 is 14.3 Å². The lowest BCUT2D eigenvalue weighted by molar-refractivity contribution is -0.127. The maximum absolute atomic E-state index is 11.9. The number of rotatable bonds is 9. The van der Waals surface area contributed by atoms with Gasteiger partial charge < -0.3 is 25.0 Å². The van der Waals surface area contributed by atoms with Crippen molar-refractivity contribution in [2.45, 2.75) is 13.5 Å². The van der Waals surface area contributed by atoms with Gasteiger partial charge in [0.1, 0.15) is 18.1 Å². The first-order valence-electron chi connectivity index (χ1n) is 9.52. The van der Waals surface area contributed by atoms with Crippen LogP contribution in [0.4, 0.5) is 0 Å². The average molecular weight is 526 g/mol. The molecule has 0 heterocycles. The number of methoxy groups -OCH3 is 1. The number of aliphatic imine (C=N–C) groups is 1. The topological polar surface area (TPSA) is 75.2 Å². The summed E-state index contributed by atoms with van der Waals surface area (Å²) in [4.78, 5) is 18.0. The SMILES string of the molecule is COc1ccc(CN=C(NCCOc2ccc(C)cc2)NCC(=O)N(C)C)cc1.I. The van der Waals surface area contributed by atoms with Crippen LogP contribution in [0.2, 0.25) is 0 Å². The van der Waals surface area contributed by atoms with E-state index < -0.39 is 0 Å². The molecule has 2 N–H and O–H groups in total. The second-order valence-electron chi connectivity index (χ2n) is 6.74. The van der Waals surface area contributed by atoms with E-state index in [0.29, 0.717) is 25.7 Å². The third-order valence-electron chi connectivity index (χ3n) is 4.17. The van der Waals surface area contributed by atoms with Crippen molar-refractivity contribution >= 4 is 35.8 Å². The van der Waals surface area contributed by atoms with Crippen LogP contribution in [0, 0.1) is 6.92 Å². The highest BCUT2D eigenvalue weighted by molar-refractivity contribution is 14.0. The highest BCUT2D eigenvalue weighted by Gasteiger charge is 2.06. The summed E-state index contributed by atoms with van der Waals surface area (Å²) in [6, 6.07) is 15.6. The summed E-state index contributed by atoms with van der Waals surface area (Å²) in [5, 5.41) is 6.27. The van der Waals surface area contributed by atoms with Crippen molar-refractivity contribution in [1.82, 2.24) is 15.5 Å². The zero-order valence-electron chi connectivity index (χ0n) is 18.0. The third-order valence-corrected chi connectivity index (χ3v) is 4.17. The first-order chi connectivity index (χ1) is 14.0. The molecule has 0 saturated heterocycles. The minimum atomic E-state index is -0.0279. The number of halogens is 1. The largest absolute Gasteiger partial charge is 0.497 e.